The van der Waals surface area contributed by atoms with E-state index in [0.29, 0.717) is 23.1 Å². The Kier molecular flexibility index (Phi) is 8.22. The Morgan fingerprint density at radius 3 is 2.52 bits per heavy atom. The first kappa shape index (κ1) is 24.0. The van der Waals surface area contributed by atoms with E-state index in [9.17, 15) is 14.9 Å². The number of anilines is 3. The van der Waals surface area contributed by atoms with Crippen molar-refractivity contribution in [3.63, 3.8) is 0 Å². The number of nitro groups is 1. The molecule has 0 radical (unpaired) electrons. The predicted molar refractivity (Wildman–Crippen MR) is 126 cm³/mol. The van der Waals surface area contributed by atoms with Crippen molar-refractivity contribution in [2.45, 2.75) is 19.8 Å². The summed E-state index contributed by atoms with van der Waals surface area (Å²) in [7, 11) is 0. The summed E-state index contributed by atoms with van der Waals surface area (Å²) >= 11 is 11.9. The lowest BCUT2D eigenvalue weighted by Crippen LogP contribution is -2.30. The Morgan fingerprint density at radius 2 is 1.85 bits per heavy atom. The van der Waals surface area contributed by atoms with Crippen LogP contribution >= 0.6 is 23.2 Å². The fourth-order valence-corrected chi connectivity index (χ4v) is 3.19. The number of amides is 1. The van der Waals surface area contributed by atoms with Crippen molar-refractivity contribution in [3.8, 4) is 5.75 Å². The van der Waals surface area contributed by atoms with Gasteiger partial charge in [-0.2, -0.15) is 0 Å². The molecule has 1 heterocycles. The van der Waals surface area contributed by atoms with Crippen LogP contribution in [0.4, 0.5) is 23.0 Å². The number of carbonyl (C=O) groups excluding carboxylic acids is 1. The lowest BCUT2D eigenvalue weighted by molar-refractivity contribution is -0.383. The number of aromatic nitrogens is 2. The van der Waals surface area contributed by atoms with Gasteiger partial charge in [-0.05, 0) is 48.9 Å². The van der Waals surface area contributed by atoms with Crippen LogP contribution in [-0.4, -0.2) is 27.4 Å². The Hall–Kier alpha value is -3.63. The SMILES string of the molecule is CCCCOc1ccc(Nc2ncnc(NNC(=O)c3ccc(Cl)cc3Cl)c2[N+](=O)[O-])cc1. The first-order valence-corrected chi connectivity index (χ1v) is 10.6. The second-order valence-electron chi connectivity index (χ2n) is 6.73. The zero-order valence-corrected chi connectivity index (χ0v) is 19.0. The van der Waals surface area contributed by atoms with Crippen LogP contribution < -0.4 is 20.9 Å². The summed E-state index contributed by atoms with van der Waals surface area (Å²) in [4.78, 5) is 31.3. The number of nitrogens with zero attached hydrogens (tertiary/aromatic N) is 3. The van der Waals surface area contributed by atoms with Gasteiger partial charge in [-0.3, -0.25) is 25.8 Å². The van der Waals surface area contributed by atoms with E-state index in [1.165, 1.54) is 18.2 Å². The van der Waals surface area contributed by atoms with E-state index in [-0.39, 0.29) is 22.2 Å². The number of ether oxygens (including phenoxy) is 1. The van der Waals surface area contributed by atoms with Crippen LogP contribution in [0.15, 0.2) is 48.8 Å². The van der Waals surface area contributed by atoms with Crippen molar-refractivity contribution < 1.29 is 14.5 Å². The number of carbonyl (C=O) groups is 1. The molecule has 1 amide bonds. The quantitative estimate of drug-likeness (QED) is 0.196. The van der Waals surface area contributed by atoms with Crippen LogP contribution in [0.3, 0.4) is 0 Å². The fourth-order valence-electron chi connectivity index (χ4n) is 2.70. The average molecular weight is 491 g/mol. The predicted octanol–water partition coefficient (Wildman–Crippen LogP) is 5.37. The number of hydrazine groups is 1. The van der Waals surface area contributed by atoms with Crippen molar-refractivity contribution in [2.24, 2.45) is 0 Å². The third-order valence-corrected chi connectivity index (χ3v) is 4.91. The zero-order valence-electron chi connectivity index (χ0n) is 17.5. The number of benzene rings is 2. The van der Waals surface area contributed by atoms with Gasteiger partial charge in [-0.15, -0.1) is 0 Å². The maximum atomic E-state index is 12.4. The lowest BCUT2D eigenvalue weighted by atomic mass is 10.2. The minimum absolute atomic E-state index is 0.0593. The number of halogens is 2. The summed E-state index contributed by atoms with van der Waals surface area (Å²) in [6.07, 6.45) is 3.10. The average Bonchev–Trinajstić information content (AvgIpc) is 2.78. The molecule has 3 rings (SSSR count). The van der Waals surface area contributed by atoms with Crippen LogP contribution in [0.1, 0.15) is 30.1 Å². The molecule has 1 aromatic heterocycles. The molecule has 172 valence electrons. The van der Waals surface area contributed by atoms with Crippen LogP contribution in [0.2, 0.25) is 10.0 Å². The maximum Gasteiger partial charge on any atom is 0.355 e. The largest absolute Gasteiger partial charge is 0.494 e. The molecule has 2 aromatic carbocycles. The highest BCUT2D eigenvalue weighted by Crippen LogP contribution is 2.31. The van der Waals surface area contributed by atoms with Gasteiger partial charge in [0.05, 0.1) is 22.1 Å². The van der Waals surface area contributed by atoms with E-state index >= 15 is 0 Å². The molecule has 0 saturated carbocycles. The first-order chi connectivity index (χ1) is 15.9. The van der Waals surface area contributed by atoms with Gasteiger partial charge in [0.2, 0.25) is 11.6 Å². The van der Waals surface area contributed by atoms with Gasteiger partial charge in [0.15, 0.2) is 0 Å². The third-order valence-electron chi connectivity index (χ3n) is 4.36. The van der Waals surface area contributed by atoms with E-state index in [4.69, 9.17) is 27.9 Å². The second-order valence-corrected chi connectivity index (χ2v) is 7.57. The topological polar surface area (TPSA) is 131 Å². The Balaban J connectivity index is 1.74. The van der Waals surface area contributed by atoms with Crippen LogP contribution in [0, 0.1) is 10.1 Å². The van der Waals surface area contributed by atoms with E-state index in [0.717, 1.165) is 19.2 Å². The van der Waals surface area contributed by atoms with Gasteiger partial charge in [-0.25, -0.2) is 9.97 Å². The Bertz CT molecular complexity index is 1140. The molecule has 0 bridgehead atoms. The molecule has 0 unspecified atom stereocenters. The molecule has 10 nitrogen and oxygen atoms in total. The highest BCUT2D eigenvalue weighted by molar-refractivity contribution is 6.36. The lowest BCUT2D eigenvalue weighted by Gasteiger charge is -2.12. The second kappa shape index (κ2) is 11.3. The van der Waals surface area contributed by atoms with Gasteiger partial charge in [0, 0.05) is 10.7 Å². The van der Waals surface area contributed by atoms with Crippen LogP contribution in [-0.2, 0) is 0 Å². The molecular formula is C21H20Cl2N6O4. The summed E-state index contributed by atoms with van der Waals surface area (Å²) in [6, 6.07) is 11.3. The summed E-state index contributed by atoms with van der Waals surface area (Å²) < 4.78 is 5.61. The summed E-state index contributed by atoms with van der Waals surface area (Å²) in [5.74, 6) is -0.207. The van der Waals surface area contributed by atoms with Crippen molar-refractivity contribution in [2.75, 3.05) is 17.3 Å². The van der Waals surface area contributed by atoms with E-state index < -0.39 is 16.5 Å². The van der Waals surface area contributed by atoms with Crippen LogP contribution in [0.25, 0.3) is 0 Å². The molecule has 33 heavy (non-hydrogen) atoms. The molecule has 0 aliphatic heterocycles. The molecule has 3 N–H and O–H groups in total. The van der Waals surface area contributed by atoms with Gasteiger partial charge in [0.25, 0.3) is 5.91 Å². The molecule has 0 atom stereocenters. The summed E-state index contributed by atoms with van der Waals surface area (Å²) in [5, 5.41) is 15.1. The first-order valence-electron chi connectivity index (χ1n) is 9.89. The molecule has 12 heteroatoms. The number of hydrogen-bond acceptors (Lipinski definition) is 8. The normalized spacial score (nSPS) is 10.4. The molecule has 0 spiro atoms. The minimum Gasteiger partial charge on any atom is -0.494 e. The summed E-state index contributed by atoms with van der Waals surface area (Å²) in [6.45, 7) is 2.69. The van der Waals surface area contributed by atoms with E-state index in [1.54, 1.807) is 24.3 Å². The van der Waals surface area contributed by atoms with Crippen molar-refractivity contribution in [1.82, 2.24) is 15.4 Å². The maximum absolute atomic E-state index is 12.4. The van der Waals surface area contributed by atoms with Gasteiger partial charge in [0.1, 0.15) is 12.1 Å². The van der Waals surface area contributed by atoms with Crippen molar-refractivity contribution in [1.29, 1.82) is 0 Å². The number of nitrogens with one attached hydrogen (secondary N) is 3. The molecule has 3 aromatic rings. The van der Waals surface area contributed by atoms with E-state index in [1.807, 2.05) is 0 Å². The Labute approximate surface area is 199 Å². The minimum atomic E-state index is -0.658. The molecule has 0 fully saturated rings. The number of unbranched alkanes of at least 4 members (excludes halogenated alkanes) is 1. The zero-order chi connectivity index (χ0) is 23.8. The van der Waals surface area contributed by atoms with Crippen molar-refractivity contribution >= 4 is 52.1 Å². The smallest absolute Gasteiger partial charge is 0.355 e. The summed E-state index contributed by atoms with van der Waals surface area (Å²) in [5.41, 5.74) is 5.03. The van der Waals surface area contributed by atoms with Gasteiger partial charge < -0.3 is 10.1 Å². The third kappa shape index (κ3) is 6.43. The van der Waals surface area contributed by atoms with Crippen LogP contribution in [0.5, 0.6) is 5.75 Å². The van der Waals surface area contributed by atoms with Gasteiger partial charge >= 0.3 is 5.69 Å². The van der Waals surface area contributed by atoms with Gasteiger partial charge in [-0.1, -0.05) is 36.5 Å². The molecule has 0 aliphatic carbocycles. The standard InChI is InChI=1S/C21H20Cl2N6O4/c1-2-3-10-33-15-7-5-14(6-8-15)26-19-18(29(31)32)20(25-12-24-19)27-28-21(30)16-9-4-13(22)11-17(16)23/h4-9,11-12H,2-3,10H2,1H3,(H,28,30)(H2,24,25,26,27). The molecule has 0 aliphatic rings. The number of hydrogen-bond donors (Lipinski definition) is 3. The molecular weight excluding hydrogens is 471 g/mol. The fraction of sp³-hybridized carbons (Fsp3) is 0.190. The highest BCUT2D eigenvalue weighted by Gasteiger charge is 2.24. The molecule has 0 saturated heterocycles. The number of rotatable bonds is 10. The van der Waals surface area contributed by atoms with Crippen molar-refractivity contribution in [3.05, 3.63) is 74.5 Å². The monoisotopic (exact) mass is 490 g/mol. The Morgan fingerprint density at radius 1 is 1.12 bits per heavy atom. The van der Waals surface area contributed by atoms with E-state index in [2.05, 4.69) is 33.1 Å². The highest BCUT2D eigenvalue weighted by atomic mass is 35.5.